The van der Waals surface area contributed by atoms with Crippen molar-refractivity contribution >= 4 is 86.9 Å². The van der Waals surface area contributed by atoms with Crippen molar-refractivity contribution in [1.29, 1.82) is 0 Å². The highest BCUT2D eigenvalue weighted by molar-refractivity contribution is 8.13. The number of rotatable bonds is 24. The first-order chi connectivity index (χ1) is 27.4. The molecule has 0 bridgehead atoms. The number of carbonyl (C=O) groups is 4. The highest BCUT2D eigenvalue weighted by Crippen LogP contribution is 2.61. The molecule has 8 unspecified atom stereocenters. The van der Waals surface area contributed by atoms with Gasteiger partial charge in [-0.1, -0.05) is 25.6 Å². The number of phosphoric ester groups is 3. The SMILES string of the molecule is CSCCC(NC(N)=O)C(=O)SCCNC(=O)CCNC(=O)C(O)C(C)(C)COP(=O)(O)OP(=O)(O)OCC1OC(n2cnc3c(N)ncnc32)C(O)C1OP(=O)(O)O. The molecule has 59 heavy (non-hydrogen) atoms. The Kier molecular flexibility index (Phi) is 18.7. The molecule has 3 rings (SSSR count). The van der Waals surface area contributed by atoms with E-state index in [1.165, 1.54) is 25.6 Å². The van der Waals surface area contributed by atoms with E-state index in [-0.39, 0.29) is 47.4 Å². The second-order valence-electron chi connectivity index (χ2n) is 13.1. The Hall–Kier alpha value is -2.82. The quantitative estimate of drug-likeness (QED) is 0.0419. The van der Waals surface area contributed by atoms with Gasteiger partial charge in [-0.25, -0.2) is 33.4 Å². The summed E-state index contributed by atoms with van der Waals surface area (Å²) in [6.45, 7) is 0.230. The summed E-state index contributed by atoms with van der Waals surface area (Å²) >= 11 is 2.38. The number of nitrogens with zero attached hydrogens (tertiary/aromatic N) is 4. The summed E-state index contributed by atoms with van der Waals surface area (Å²) in [5, 5.41) is 28.4. The molecule has 0 spiro atoms. The molecular weight excluding hydrogens is 895 g/mol. The minimum Gasteiger partial charge on any atom is -0.386 e. The van der Waals surface area contributed by atoms with Gasteiger partial charge in [0.1, 0.15) is 42.3 Å². The van der Waals surface area contributed by atoms with E-state index < -0.39 is 96.6 Å². The van der Waals surface area contributed by atoms with Gasteiger partial charge in [-0.3, -0.25) is 32.5 Å². The zero-order valence-corrected chi connectivity index (χ0v) is 35.8. The summed E-state index contributed by atoms with van der Waals surface area (Å²) in [6.07, 6.45) is -4.87. The Balaban J connectivity index is 1.47. The number of hydrogen-bond acceptors (Lipinski definition) is 20. The maximum atomic E-state index is 12.7. The lowest BCUT2D eigenvalue weighted by Crippen LogP contribution is -2.46. The molecule has 8 atom stereocenters. The van der Waals surface area contributed by atoms with Crippen molar-refractivity contribution in [2.24, 2.45) is 11.1 Å². The number of amides is 4. The van der Waals surface area contributed by atoms with Crippen molar-refractivity contribution in [2.75, 3.05) is 49.8 Å². The topological polar surface area (TPSA) is 419 Å². The predicted molar refractivity (Wildman–Crippen MR) is 207 cm³/mol. The lowest BCUT2D eigenvalue weighted by molar-refractivity contribution is -0.137. The van der Waals surface area contributed by atoms with Gasteiger partial charge >= 0.3 is 29.5 Å². The van der Waals surface area contributed by atoms with Crippen LogP contribution in [0.1, 0.15) is 32.9 Å². The van der Waals surface area contributed by atoms with Crippen LogP contribution in [-0.4, -0.2) is 147 Å². The number of ether oxygens (including phenoxy) is 1. The fourth-order valence-corrected chi connectivity index (χ4v) is 9.12. The number of aromatic nitrogens is 4. The smallest absolute Gasteiger partial charge is 0.386 e. The van der Waals surface area contributed by atoms with E-state index in [0.29, 0.717) is 12.2 Å². The Morgan fingerprint density at radius 1 is 1.03 bits per heavy atom. The molecule has 0 aromatic carbocycles. The average molecular weight is 942 g/mol. The zero-order chi connectivity index (χ0) is 44.3. The van der Waals surface area contributed by atoms with E-state index in [0.717, 1.165) is 29.0 Å². The first kappa shape index (κ1) is 50.5. The molecule has 0 saturated carbocycles. The van der Waals surface area contributed by atoms with E-state index in [1.807, 2.05) is 6.26 Å². The Bertz CT molecular complexity index is 1940. The van der Waals surface area contributed by atoms with E-state index in [9.17, 15) is 62.7 Å². The first-order valence-electron chi connectivity index (χ1n) is 17.0. The van der Waals surface area contributed by atoms with Gasteiger partial charge in [-0.2, -0.15) is 16.1 Å². The third-order valence-corrected chi connectivity index (χ3v) is 12.7. The normalized spacial score (nSPS) is 21.6. The van der Waals surface area contributed by atoms with Gasteiger partial charge in [-0.05, 0) is 18.4 Å². The van der Waals surface area contributed by atoms with Crippen LogP contribution in [-0.2, 0) is 50.7 Å². The van der Waals surface area contributed by atoms with E-state index >= 15 is 0 Å². The summed E-state index contributed by atoms with van der Waals surface area (Å²) in [4.78, 5) is 99.3. The number of primary amides is 1. The van der Waals surface area contributed by atoms with Crippen LogP contribution in [0.5, 0.6) is 0 Å². The number of fused-ring (bicyclic) bond motifs is 1. The molecule has 2 aromatic heterocycles. The number of hydrogen-bond donors (Lipinski definition) is 11. The molecule has 1 aliphatic heterocycles. The molecule has 3 heterocycles. The van der Waals surface area contributed by atoms with Gasteiger partial charge in [0.25, 0.3) is 0 Å². The lowest BCUT2D eigenvalue weighted by atomic mass is 9.87. The standard InChI is InChI=1S/C27H46N9O18P3S2/c1-27(2,20(39)23(40)31-6-4-16(37)30-7-9-59-25(41)14(5-8-58-3)35-26(29)42)11-51-57(48,49)54-56(46,47)50-10-15-19(53-55(43,44)45)18(38)24(52-15)36-13-34-17-21(28)32-12-33-22(17)36/h12-15,18-20,24,38-39H,4-11H2,1-3H3,(H,30,37)(H,31,40)(H,46,47)(H,48,49)(H2,28,32,33)(H3,29,35,42)(H2,43,44,45). The van der Waals surface area contributed by atoms with Crippen molar-refractivity contribution in [3.8, 4) is 0 Å². The Morgan fingerprint density at radius 3 is 2.36 bits per heavy atom. The van der Waals surface area contributed by atoms with E-state index in [2.05, 4.69) is 39.7 Å². The molecule has 27 nitrogen and oxygen atoms in total. The second-order valence-corrected chi connectivity index (χ2v) is 19.4. The molecule has 0 radical (unpaired) electrons. The Labute approximate surface area is 343 Å². The van der Waals surface area contributed by atoms with Gasteiger partial charge in [0.15, 0.2) is 17.7 Å². The molecular formula is C27H46N9O18P3S2. The fraction of sp³-hybridized carbons (Fsp3) is 0.667. The van der Waals surface area contributed by atoms with Crippen LogP contribution in [0.3, 0.4) is 0 Å². The largest absolute Gasteiger partial charge is 0.481 e. The minimum absolute atomic E-state index is 0.0209. The number of aliphatic hydroxyl groups is 2. The van der Waals surface area contributed by atoms with Crippen LogP contribution < -0.4 is 27.4 Å². The van der Waals surface area contributed by atoms with Gasteiger partial charge in [0.2, 0.25) is 16.9 Å². The van der Waals surface area contributed by atoms with Crippen molar-refractivity contribution < 1.29 is 85.3 Å². The van der Waals surface area contributed by atoms with Crippen molar-refractivity contribution in [3.63, 3.8) is 0 Å². The Morgan fingerprint density at radius 2 is 1.71 bits per heavy atom. The molecule has 334 valence electrons. The first-order valence-corrected chi connectivity index (χ1v) is 23.9. The summed E-state index contributed by atoms with van der Waals surface area (Å²) in [5.74, 6) is -0.782. The molecule has 0 aliphatic carbocycles. The zero-order valence-electron chi connectivity index (χ0n) is 31.5. The molecule has 1 aliphatic rings. The second kappa shape index (κ2) is 21.8. The lowest BCUT2D eigenvalue weighted by Gasteiger charge is -2.30. The molecule has 1 fully saturated rings. The van der Waals surface area contributed by atoms with Crippen LogP contribution in [0.15, 0.2) is 12.7 Å². The van der Waals surface area contributed by atoms with Crippen LogP contribution in [0.25, 0.3) is 11.2 Å². The molecule has 2 aromatic rings. The number of nitrogens with one attached hydrogen (secondary N) is 3. The minimum atomic E-state index is -5.59. The highest BCUT2D eigenvalue weighted by Gasteiger charge is 2.50. The maximum Gasteiger partial charge on any atom is 0.481 e. The van der Waals surface area contributed by atoms with Gasteiger partial charge < -0.3 is 61.9 Å². The van der Waals surface area contributed by atoms with Crippen molar-refractivity contribution in [2.45, 2.75) is 63.4 Å². The number of anilines is 1. The van der Waals surface area contributed by atoms with Crippen LogP contribution >= 0.6 is 47.0 Å². The number of phosphoric acid groups is 3. The van der Waals surface area contributed by atoms with E-state index in [4.69, 9.17) is 25.3 Å². The van der Waals surface area contributed by atoms with Crippen LogP contribution in [0.4, 0.5) is 10.6 Å². The summed E-state index contributed by atoms with van der Waals surface area (Å²) in [7, 11) is -16.5. The summed E-state index contributed by atoms with van der Waals surface area (Å²) < 4.78 is 62.1. The number of nitrogen functional groups attached to an aromatic ring is 1. The van der Waals surface area contributed by atoms with Crippen LogP contribution in [0, 0.1) is 5.41 Å². The van der Waals surface area contributed by atoms with Gasteiger partial charge in [0.05, 0.1) is 19.5 Å². The third-order valence-electron chi connectivity index (χ3n) is 7.96. The third kappa shape index (κ3) is 15.9. The van der Waals surface area contributed by atoms with Crippen LogP contribution in [0.2, 0.25) is 0 Å². The number of thioether (sulfide) groups is 2. The van der Waals surface area contributed by atoms with Crippen molar-refractivity contribution in [1.82, 2.24) is 35.5 Å². The molecule has 13 N–H and O–H groups in total. The molecule has 1 saturated heterocycles. The van der Waals surface area contributed by atoms with Gasteiger partial charge in [-0.15, -0.1) is 0 Å². The number of imidazole rings is 1. The number of aliphatic hydroxyl groups excluding tert-OH is 2. The van der Waals surface area contributed by atoms with E-state index in [1.54, 1.807) is 0 Å². The fourth-order valence-electron chi connectivity index (χ4n) is 5.04. The molecule has 4 amide bonds. The number of carbonyl (C=O) groups excluding carboxylic acids is 4. The average Bonchev–Trinajstić information content (AvgIpc) is 3.69. The number of nitrogens with two attached hydrogens (primary N) is 2. The monoisotopic (exact) mass is 941 g/mol. The highest BCUT2D eigenvalue weighted by atomic mass is 32.2. The molecule has 32 heteroatoms. The summed E-state index contributed by atoms with van der Waals surface area (Å²) in [6, 6.07) is -1.62. The van der Waals surface area contributed by atoms with Gasteiger partial charge in [0, 0.05) is 30.7 Å². The van der Waals surface area contributed by atoms with Crippen molar-refractivity contribution in [3.05, 3.63) is 12.7 Å². The predicted octanol–water partition coefficient (Wildman–Crippen LogP) is -1.55. The maximum absolute atomic E-state index is 12.7. The summed E-state index contributed by atoms with van der Waals surface area (Å²) in [5.41, 5.74) is 9.33. The number of urea groups is 1.